The van der Waals surface area contributed by atoms with Crippen LogP contribution in [0.25, 0.3) is 22.7 Å². The molecule has 0 aliphatic heterocycles. The lowest BCUT2D eigenvalue weighted by molar-refractivity contribution is 0.598. The molecule has 3 aromatic heterocycles. The van der Waals surface area contributed by atoms with Crippen molar-refractivity contribution in [2.45, 2.75) is 6.54 Å². The predicted molar refractivity (Wildman–Crippen MR) is 71.5 cm³/mol. The van der Waals surface area contributed by atoms with Gasteiger partial charge in [-0.25, -0.2) is 9.97 Å². The Labute approximate surface area is 109 Å². The van der Waals surface area contributed by atoms with Crippen LogP contribution in [0.1, 0.15) is 0 Å². The Morgan fingerprint density at radius 2 is 2.26 bits per heavy atom. The van der Waals surface area contributed by atoms with Gasteiger partial charge in [-0.2, -0.15) is 0 Å². The normalized spacial score (nSPS) is 11.1. The third-order valence-corrected chi connectivity index (χ3v) is 2.74. The number of nitrogens with zero attached hydrogens (tertiary/aromatic N) is 5. The van der Waals surface area contributed by atoms with E-state index in [2.05, 4.69) is 30.6 Å². The Hall–Kier alpha value is -2.48. The summed E-state index contributed by atoms with van der Waals surface area (Å²) in [4.78, 5) is 11.9. The van der Waals surface area contributed by atoms with Gasteiger partial charge in [-0.15, -0.1) is 5.10 Å². The molecule has 19 heavy (non-hydrogen) atoms. The summed E-state index contributed by atoms with van der Waals surface area (Å²) in [7, 11) is 1.82. The van der Waals surface area contributed by atoms with Gasteiger partial charge in [0.05, 0.1) is 18.3 Å². The predicted octanol–water partition coefficient (Wildman–Crippen LogP) is 0.217. The fraction of sp³-hybridized carbons (Fsp3) is 0.273. The van der Waals surface area contributed by atoms with Crippen LogP contribution in [-0.2, 0) is 6.54 Å². The van der Waals surface area contributed by atoms with Gasteiger partial charge in [0.15, 0.2) is 11.5 Å². The quantitative estimate of drug-likeness (QED) is 0.617. The van der Waals surface area contributed by atoms with Crippen LogP contribution in [0.2, 0.25) is 0 Å². The molecule has 0 saturated carbocycles. The van der Waals surface area contributed by atoms with Gasteiger partial charge in [-0.05, 0) is 12.1 Å². The third kappa shape index (κ3) is 2.13. The van der Waals surface area contributed by atoms with E-state index < -0.39 is 0 Å². The molecule has 0 atom stereocenters. The highest BCUT2D eigenvalue weighted by molar-refractivity contribution is 5.76. The number of anilines is 1. The van der Waals surface area contributed by atoms with Crippen molar-refractivity contribution in [3.8, 4) is 11.5 Å². The van der Waals surface area contributed by atoms with Gasteiger partial charge >= 0.3 is 0 Å². The monoisotopic (exact) mass is 258 g/mol. The second-order valence-corrected chi connectivity index (χ2v) is 4.06. The summed E-state index contributed by atoms with van der Waals surface area (Å²) >= 11 is 0. The maximum Gasteiger partial charge on any atom is 0.180 e. The number of fused-ring (bicyclic) bond motifs is 1. The largest absolute Gasteiger partial charge is 0.373 e. The molecule has 98 valence electrons. The molecule has 8 heteroatoms. The fourth-order valence-electron chi connectivity index (χ4n) is 1.80. The second-order valence-electron chi connectivity index (χ2n) is 4.06. The van der Waals surface area contributed by atoms with Crippen LogP contribution in [0.4, 0.5) is 5.82 Å². The van der Waals surface area contributed by atoms with Crippen molar-refractivity contribution in [3.05, 3.63) is 18.3 Å². The van der Waals surface area contributed by atoms with E-state index >= 15 is 0 Å². The Bertz CT molecular complexity index is 698. The highest BCUT2D eigenvalue weighted by Crippen LogP contribution is 2.18. The maximum absolute atomic E-state index is 5.47. The smallest absolute Gasteiger partial charge is 0.180 e. The highest BCUT2D eigenvalue weighted by Gasteiger charge is 2.10. The van der Waals surface area contributed by atoms with Crippen LogP contribution in [0.3, 0.4) is 0 Å². The average molecular weight is 258 g/mol. The van der Waals surface area contributed by atoms with Gasteiger partial charge in [0.1, 0.15) is 11.5 Å². The minimum Gasteiger partial charge on any atom is -0.373 e. The first-order valence-corrected chi connectivity index (χ1v) is 5.95. The summed E-state index contributed by atoms with van der Waals surface area (Å²) in [5.74, 6) is 1.43. The highest BCUT2D eigenvalue weighted by atomic mass is 15.4. The van der Waals surface area contributed by atoms with Gasteiger partial charge < -0.3 is 16.0 Å². The molecule has 3 aromatic rings. The average Bonchev–Trinajstić information content (AvgIpc) is 3.03. The first kappa shape index (κ1) is 11.6. The number of aromatic amines is 1. The van der Waals surface area contributed by atoms with Crippen molar-refractivity contribution in [2.75, 3.05) is 18.9 Å². The summed E-state index contributed by atoms with van der Waals surface area (Å²) in [6.45, 7) is 1.16. The topological polar surface area (TPSA) is 110 Å². The molecule has 0 fully saturated rings. The van der Waals surface area contributed by atoms with E-state index in [0.29, 0.717) is 30.3 Å². The van der Waals surface area contributed by atoms with E-state index in [1.807, 2.05) is 25.4 Å². The molecule has 3 rings (SSSR count). The number of H-pyrrole nitrogens is 1. The van der Waals surface area contributed by atoms with Gasteiger partial charge in [0.25, 0.3) is 0 Å². The van der Waals surface area contributed by atoms with Crippen molar-refractivity contribution in [2.24, 2.45) is 5.73 Å². The third-order valence-electron chi connectivity index (χ3n) is 2.74. The Balaban J connectivity index is 1.99. The summed E-state index contributed by atoms with van der Waals surface area (Å²) in [6.07, 6.45) is 1.81. The van der Waals surface area contributed by atoms with E-state index in [1.165, 1.54) is 0 Å². The molecule has 8 nitrogen and oxygen atoms in total. The van der Waals surface area contributed by atoms with Crippen molar-refractivity contribution >= 4 is 17.0 Å². The van der Waals surface area contributed by atoms with Gasteiger partial charge in [0.2, 0.25) is 0 Å². The SMILES string of the molecule is CNc1ccc2[nH]c(-c3cn(CCN)nn3)nc2n1. The molecule has 0 bridgehead atoms. The van der Waals surface area contributed by atoms with Crippen molar-refractivity contribution in [1.29, 1.82) is 0 Å². The Morgan fingerprint density at radius 1 is 1.37 bits per heavy atom. The first-order valence-electron chi connectivity index (χ1n) is 5.95. The van der Waals surface area contributed by atoms with Crippen LogP contribution in [-0.4, -0.2) is 43.5 Å². The molecule has 0 aliphatic carbocycles. The van der Waals surface area contributed by atoms with Crippen LogP contribution >= 0.6 is 0 Å². The van der Waals surface area contributed by atoms with Crippen molar-refractivity contribution in [3.63, 3.8) is 0 Å². The summed E-state index contributed by atoms with van der Waals surface area (Å²) < 4.78 is 1.69. The second kappa shape index (κ2) is 4.65. The molecule has 4 N–H and O–H groups in total. The van der Waals surface area contributed by atoms with Gasteiger partial charge in [-0.3, -0.25) is 4.68 Å². The lowest BCUT2D eigenvalue weighted by Crippen LogP contribution is -2.10. The molecule has 0 spiro atoms. The molecule has 3 heterocycles. The molecular weight excluding hydrogens is 244 g/mol. The molecule has 0 unspecified atom stereocenters. The van der Waals surface area contributed by atoms with Crippen molar-refractivity contribution in [1.82, 2.24) is 29.9 Å². The van der Waals surface area contributed by atoms with E-state index in [-0.39, 0.29) is 0 Å². The lowest BCUT2D eigenvalue weighted by atomic mass is 10.4. The molecule has 0 saturated heterocycles. The summed E-state index contributed by atoms with van der Waals surface area (Å²) in [5, 5.41) is 11.0. The van der Waals surface area contributed by atoms with Gasteiger partial charge in [0, 0.05) is 13.6 Å². The number of hydrogen-bond donors (Lipinski definition) is 3. The lowest BCUT2D eigenvalue weighted by Gasteiger charge is -1.95. The zero-order valence-electron chi connectivity index (χ0n) is 10.5. The van der Waals surface area contributed by atoms with E-state index in [4.69, 9.17) is 5.73 Å². The minimum absolute atomic E-state index is 0.524. The Morgan fingerprint density at radius 3 is 3.05 bits per heavy atom. The van der Waals surface area contributed by atoms with Crippen LogP contribution in [0.15, 0.2) is 18.3 Å². The standard InChI is InChI=1S/C11H14N8/c1-13-9-3-2-7-10(15-9)16-11(14-7)8-6-19(5-4-12)18-17-8/h2-3,6H,4-5,12H2,1H3,(H2,13,14,15,16). The molecule has 0 amide bonds. The number of nitrogens with one attached hydrogen (secondary N) is 2. The summed E-state index contributed by atoms with van der Waals surface area (Å²) in [6, 6.07) is 3.81. The van der Waals surface area contributed by atoms with E-state index in [0.717, 1.165) is 11.3 Å². The minimum atomic E-state index is 0.524. The van der Waals surface area contributed by atoms with Crippen LogP contribution in [0, 0.1) is 0 Å². The van der Waals surface area contributed by atoms with Crippen LogP contribution < -0.4 is 11.1 Å². The number of aromatic nitrogens is 6. The number of pyridine rings is 1. The first-order chi connectivity index (χ1) is 9.30. The number of nitrogens with two attached hydrogens (primary N) is 1. The Kier molecular flexibility index (Phi) is 2.84. The zero-order valence-corrected chi connectivity index (χ0v) is 10.5. The van der Waals surface area contributed by atoms with E-state index in [1.54, 1.807) is 4.68 Å². The molecular formula is C11H14N8. The molecule has 0 radical (unpaired) electrons. The number of hydrogen-bond acceptors (Lipinski definition) is 6. The summed E-state index contributed by atoms with van der Waals surface area (Å²) in [5.41, 5.74) is 7.66. The fourth-order valence-corrected chi connectivity index (χ4v) is 1.80. The number of imidazole rings is 1. The van der Waals surface area contributed by atoms with Gasteiger partial charge in [-0.1, -0.05) is 5.21 Å². The van der Waals surface area contributed by atoms with Crippen molar-refractivity contribution < 1.29 is 0 Å². The van der Waals surface area contributed by atoms with Crippen LogP contribution in [0.5, 0.6) is 0 Å². The maximum atomic E-state index is 5.47. The molecule has 0 aliphatic rings. The van der Waals surface area contributed by atoms with E-state index in [9.17, 15) is 0 Å². The molecule has 0 aromatic carbocycles. The number of rotatable bonds is 4. The zero-order chi connectivity index (χ0) is 13.2.